The van der Waals surface area contributed by atoms with Crippen LogP contribution in [0.4, 0.5) is 0 Å². The van der Waals surface area contributed by atoms with Crippen molar-refractivity contribution < 1.29 is 22.9 Å². The molecule has 2 atom stereocenters. The zero-order chi connectivity index (χ0) is 38.9. The van der Waals surface area contributed by atoms with Gasteiger partial charge in [-0.3, -0.25) is 9.35 Å². The van der Waals surface area contributed by atoms with Gasteiger partial charge in [-0.1, -0.05) is 184 Å². The molecule has 0 aliphatic rings. The monoisotopic (exact) mass is 762 g/mol. The fourth-order valence-corrected chi connectivity index (χ4v) is 7.07. The summed E-state index contributed by atoms with van der Waals surface area (Å²) in [5.74, 6) is -1.01. The van der Waals surface area contributed by atoms with Crippen LogP contribution in [0.1, 0.15) is 206 Å². The highest BCUT2D eigenvalue weighted by Crippen LogP contribution is 2.14. The van der Waals surface area contributed by atoms with E-state index in [0.29, 0.717) is 6.42 Å². The first-order chi connectivity index (χ1) is 25.8. The Morgan fingerprint density at radius 3 is 1.30 bits per heavy atom. The number of hydrogen-bond acceptors (Lipinski definition) is 4. The number of nitrogens with one attached hydrogen (secondary N) is 1. The van der Waals surface area contributed by atoms with E-state index >= 15 is 0 Å². The highest BCUT2D eigenvalue weighted by molar-refractivity contribution is 7.85. The summed E-state index contributed by atoms with van der Waals surface area (Å²) in [6.07, 6.45) is 55.0. The molecule has 0 aromatic heterocycles. The third-order valence-electron chi connectivity index (χ3n) is 9.64. The molecule has 1 amide bonds. The molecular formula is C46H83NO5S. The van der Waals surface area contributed by atoms with Gasteiger partial charge in [0, 0.05) is 6.42 Å². The molecule has 0 aliphatic carbocycles. The molecule has 0 aromatic carbocycles. The van der Waals surface area contributed by atoms with Gasteiger partial charge in [0.2, 0.25) is 5.91 Å². The average Bonchev–Trinajstić information content (AvgIpc) is 3.12. The van der Waals surface area contributed by atoms with Gasteiger partial charge in [-0.05, 0) is 77.0 Å². The lowest BCUT2D eigenvalue weighted by Crippen LogP contribution is -2.46. The van der Waals surface area contributed by atoms with Crippen molar-refractivity contribution in [1.82, 2.24) is 5.32 Å². The number of allylic oxidation sites excluding steroid dienone is 9. The SMILES string of the molecule is CCCCCCC/C=C\C/C=C\CCCCCCCCCCCCCC(=O)NC(CS(=O)(=O)O)C(O)/C=C/CC/C=C/CC/C=C/CCCCCCC. The van der Waals surface area contributed by atoms with Crippen LogP contribution in [0.25, 0.3) is 0 Å². The Morgan fingerprint density at radius 1 is 0.509 bits per heavy atom. The molecule has 0 radical (unpaired) electrons. The maximum Gasteiger partial charge on any atom is 0.267 e. The van der Waals surface area contributed by atoms with Crippen molar-refractivity contribution in [3.63, 3.8) is 0 Å². The first-order valence-electron chi connectivity index (χ1n) is 22.0. The van der Waals surface area contributed by atoms with E-state index in [-0.39, 0.29) is 12.3 Å². The molecule has 308 valence electrons. The van der Waals surface area contributed by atoms with Crippen LogP contribution in [0.3, 0.4) is 0 Å². The Labute approximate surface area is 328 Å². The Kier molecular flexibility index (Phi) is 38.3. The molecule has 0 saturated carbocycles. The summed E-state index contributed by atoms with van der Waals surface area (Å²) >= 11 is 0. The zero-order valence-corrected chi connectivity index (χ0v) is 35.2. The van der Waals surface area contributed by atoms with E-state index in [1.165, 1.54) is 134 Å². The van der Waals surface area contributed by atoms with Crippen molar-refractivity contribution in [2.75, 3.05) is 5.75 Å². The molecular weight excluding hydrogens is 679 g/mol. The summed E-state index contributed by atoms with van der Waals surface area (Å²) in [5, 5.41) is 13.2. The third kappa shape index (κ3) is 41.1. The van der Waals surface area contributed by atoms with Crippen LogP contribution in [-0.4, -0.2) is 41.9 Å². The third-order valence-corrected chi connectivity index (χ3v) is 10.4. The summed E-state index contributed by atoms with van der Waals surface area (Å²) < 4.78 is 32.5. The van der Waals surface area contributed by atoms with Gasteiger partial charge in [0.05, 0.1) is 17.9 Å². The Bertz CT molecular complexity index is 1060. The number of amides is 1. The van der Waals surface area contributed by atoms with Gasteiger partial charge >= 0.3 is 0 Å². The molecule has 53 heavy (non-hydrogen) atoms. The van der Waals surface area contributed by atoms with Crippen molar-refractivity contribution in [2.45, 2.75) is 219 Å². The summed E-state index contributed by atoms with van der Waals surface area (Å²) in [6.45, 7) is 4.50. The molecule has 0 fully saturated rings. The Hall–Kier alpha value is -1.96. The zero-order valence-electron chi connectivity index (χ0n) is 34.4. The van der Waals surface area contributed by atoms with Gasteiger partial charge in [-0.2, -0.15) is 8.42 Å². The van der Waals surface area contributed by atoms with Crippen molar-refractivity contribution in [1.29, 1.82) is 0 Å². The average molecular weight is 762 g/mol. The summed E-state index contributed by atoms with van der Waals surface area (Å²) in [5.41, 5.74) is 0. The molecule has 0 rings (SSSR count). The van der Waals surface area contributed by atoms with Crippen molar-refractivity contribution >= 4 is 16.0 Å². The second-order valence-corrected chi connectivity index (χ2v) is 16.4. The van der Waals surface area contributed by atoms with Gasteiger partial charge in [0.15, 0.2) is 0 Å². The van der Waals surface area contributed by atoms with Gasteiger partial charge in [0.1, 0.15) is 0 Å². The number of carbonyl (C=O) groups excluding carboxylic acids is 1. The van der Waals surface area contributed by atoms with Gasteiger partial charge in [-0.15, -0.1) is 0 Å². The molecule has 3 N–H and O–H groups in total. The molecule has 0 bridgehead atoms. The lowest BCUT2D eigenvalue weighted by molar-refractivity contribution is -0.122. The number of hydrogen-bond donors (Lipinski definition) is 3. The molecule has 6 nitrogen and oxygen atoms in total. The van der Waals surface area contributed by atoms with Crippen LogP contribution in [0, 0.1) is 0 Å². The summed E-state index contributed by atoms with van der Waals surface area (Å²) in [6, 6.07) is -1.08. The van der Waals surface area contributed by atoms with Crippen molar-refractivity contribution in [3.8, 4) is 0 Å². The highest BCUT2D eigenvalue weighted by Gasteiger charge is 2.24. The van der Waals surface area contributed by atoms with E-state index in [9.17, 15) is 22.9 Å². The van der Waals surface area contributed by atoms with Gasteiger partial charge in [-0.25, -0.2) is 0 Å². The Morgan fingerprint density at radius 2 is 0.868 bits per heavy atom. The number of rotatable bonds is 39. The van der Waals surface area contributed by atoms with Crippen LogP contribution < -0.4 is 5.32 Å². The predicted octanol–water partition coefficient (Wildman–Crippen LogP) is 13.2. The summed E-state index contributed by atoms with van der Waals surface area (Å²) in [7, 11) is -4.36. The second kappa shape index (κ2) is 39.7. The topological polar surface area (TPSA) is 104 Å². The molecule has 0 heterocycles. The van der Waals surface area contributed by atoms with Crippen molar-refractivity contribution in [3.05, 3.63) is 60.8 Å². The fraction of sp³-hybridized carbons (Fsp3) is 0.761. The normalized spacial score (nSPS) is 13.8. The molecule has 2 unspecified atom stereocenters. The van der Waals surface area contributed by atoms with Crippen molar-refractivity contribution in [2.24, 2.45) is 0 Å². The first kappa shape index (κ1) is 51.0. The maximum absolute atomic E-state index is 12.5. The number of carbonyl (C=O) groups is 1. The van der Waals surface area contributed by atoms with E-state index in [4.69, 9.17) is 0 Å². The van der Waals surface area contributed by atoms with Gasteiger partial charge in [0.25, 0.3) is 10.1 Å². The molecule has 0 saturated heterocycles. The Balaban J connectivity index is 3.91. The molecule has 0 spiro atoms. The fourth-order valence-electron chi connectivity index (χ4n) is 6.33. The lowest BCUT2D eigenvalue weighted by Gasteiger charge is -2.21. The predicted molar refractivity (Wildman–Crippen MR) is 230 cm³/mol. The molecule has 7 heteroatoms. The van der Waals surface area contributed by atoms with Crippen LogP contribution in [0.2, 0.25) is 0 Å². The van der Waals surface area contributed by atoms with E-state index in [2.05, 4.69) is 67.8 Å². The minimum atomic E-state index is -4.36. The highest BCUT2D eigenvalue weighted by atomic mass is 32.2. The number of unbranched alkanes of at least 4 members (excludes halogenated alkanes) is 23. The van der Waals surface area contributed by atoms with Crippen LogP contribution >= 0.6 is 0 Å². The van der Waals surface area contributed by atoms with Gasteiger partial charge < -0.3 is 10.4 Å². The van der Waals surface area contributed by atoms with E-state index in [0.717, 1.165) is 51.4 Å². The standard InChI is InChI=1S/C46H83NO5S/c1-3-5-7-9-11-13-15-17-19-20-21-22-23-24-25-26-28-30-32-34-36-38-40-42-46(49)47-44(43-53(50,51)52)45(48)41-39-37-35-33-31-29-27-18-16-14-12-10-8-6-4-2/h15-18,20-21,31,33,39,41,44-45,48H,3-14,19,22-30,32,34-38,40,42-43H2,1-2H3,(H,47,49)(H,50,51,52)/b17-15-,18-16+,21-20-,33-31+,41-39+. The minimum absolute atomic E-state index is 0.280. The molecule has 0 aliphatic heterocycles. The van der Waals surface area contributed by atoms with Crippen LogP contribution in [0.5, 0.6) is 0 Å². The van der Waals surface area contributed by atoms with Crippen LogP contribution in [0.15, 0.2) is 60.8 Å². The second-order valence-electron chi connectivity index (χ2n) is 15.0. The first-order valence-corrected chi connectivity index (χ1v) is 23.6. The number of aliphatic hydroxyl groups is 1. The number of aliphatic hydroxyl groups excluding tert-OH is 1. The van der Waals surface area contributed by atoms with E-state index in [1.807, 2.05) is 0 Å². The quantitative estimate of drug-likeness (QED) is 0.0329. The summed E-state index contributed by atoms with van der Waals surface area (Å²) in [4.78, 5) is 12.5. The smallest absolute Gasteiger partial charge is 0.267 e. The van der Waals surface area contributed by atoms with E-state index in [1.54, 1.807) is 6.08 Å². The molecule has 0 aromatic rings. The lowest BCUT2D eigenvalue weighted by atomic mass is 10.0. The minimum Gasteiger partial charge on any atom is -0.387 e. The maximum atomic E-state index is 12.5. The van der Waals surface area contributed by atoms with Crippen LogP contribution in [-0.2, 0) is 14.9 Å². The van der Waals surface area contributed by atoms with E-state index < -0.39 is 28.0 Å². The largest absolute Gasteiger partial charge is 0.387 e.